The van der Waals surface area contributed by atoms with Crippen LogP contribution < -0.4 is 4.90 Å². The van der Waals surface area contributed by atoms with Crippen LogP contribution in [-0.4, -0.2) is 0 Å². The minimum absolute atomic E-state index is 0.105. The fraction of sp³-hybridized carbons (Fsp3) is 0.0667. The maximum Gasteiger partial charge on any atom is 0.135 e. The molecule has 0 unspecified atom stereocenters. The third-order valence-electron chi connectivity index (χ3n) is 10.4. The molecule has 0 fully saturated rings. The number of rotatable bonds is 3. The minimum Gasteiger partial charge on any atom is -0.456 e. The highest BCUT2D eigenvalue weighted by atomic mass is 16.3. The van der Waals surface area contributed by atoms with Gasteiger partial charge in [-0.05, 0) is 80.0 Å². The van der Waals surface area contributed by atoms with E-state index in [1.165, 1.54) is 60.3 Å². The fourth-order valence-corrected chi connectivity index (χ4v) is 8.22. The number of furan rings is 1. The number of nitrogens with zero attached hydrogens (tertiary/aromatic N) is 1. The molecule has 2 nitrogen and oxygen atoms in total. The smallest absolute Gasteiger partial charge is 0.135 e. The molecule has 47 heavy (non-hydrogen) atoms. The molecule has 0 radical (unpaired) electrons. The summed E-state index contributed by atoms with van der Waals surface area (Å²) in [6, 6.07) is 55.3. The summed E-state index contributed by atoms with van der Waals surface area (Å²) < 4.78 is 6.29. The number of hydrogen-bond acceptors (Lipinski definition) is 2. The quantitative estimate of drug-likeness (QED) is 0.187. The Labute approximate surface area is 273 Å². The van der Waals surface area contributed by atoms with Crippen LogP contribution >= 0.6 is 0 Å². The van der Waals surface area contributed by atoms with Gasteiger partial charge >= 0.3 is 0 Å². The Kier molecular flexibility index (Phi) is 5.37. The second-order valence-corrected chi connectivity index (χ2v) is 13.3. The zero-order valence-electron chi connectivity index (χ0n) is 26.3. The van der Waals surface area contributed by atoms with E-state index in [2.05, 4.69) is 164 Å². The van der Waals surface area contributed by atoms with Crippen LogP contribution in [0, 0.1) is 0 Å². The molecule has 222 valence electrons. The Morgan fingerprint density at radius 1 is 0.468 bits per heavy atom. The molecule has 0 saturated heterocycles. The highest BCUT2D eigenvalue weighted by Crippen LogP contribution is 2.55. The SMILES string of the molecule is CC1(C)c2ccccc2-c2c(N(c3ccc4oc5ccccc5c4c3)c3cccc4c3ccc3ccc5ccccc5c34)cccc21. The molecule has 0 amide bonds. The summed E-state index contributed by atoms with van der Waals surface area (Å²) in [7, 11) is 0. The van der Waals surface area contributed by atoms with Crippen molar-refractivity contribution in [2.45, 2.75) is 19.3 Å². The van der Waals surface area contributed by atoms with Crippen molar-refractivity contribution < 1.29 is 4.42 Å². The van der Waals surface area contributed by atoms with Crippen molar-refractivity contribution in [2.75, 3.05) is 4.90 Å². The van der Waals surface area contributed by atoms with E-state index in [0.717, 1.165) is 33.3 Å². The monoisotopic (exact) mass is 601 g/mol. The van der Waals surface area contributed by atoms with Gasteiger partial charge in [-0.2, -0.15) is 0 Å². The van der Waals surface area contributed by atoms with E-state index in [1.807, 2.05) is 6.07 Å². The average Bonchev–Trinajstić information content (AvgIpc) is 3.60. The maximum absolute atomic E-state index is 6.29. The molecule has 1 aliphatic rings. The Hall–Kier alpha value is -5.86. The van der Waals surface area contributed by atoms with E-state index in [4.69, 9.17) is 4.42 Å². The number of para-hydroxylation sites is 1. The molecule has 0 saturated carbocycles. The predicted molar refractivity (Wildman–Crippen MR) is 198 cm³/mol. The van der Waals surface area contributed by atoms with Gasteiger partial charge in [0.2, 0.25) is 0 Å². The van der Waals surface area contributed by atoms with Gasteiger partial charge < -0.3 is 9.32 Å². The molecule has 0 bridgehead atoms. The number of benzene rings is 8. The Balaban J connectivity index is 1.32. The van der Waals surface area contributed by atoms with Gasteiger partial charge in [-0.3, -0.25) is 0 Å². The lowest BCUT2D eigenvalue weighted by Crippen LogP contribution is -2.16. The summed E-state index contributed by atoms with van der Waals surface area (Å²) in [5.74, 6) is 0. The summed E-state index contributed by atoms with van der Waals surface area (Å²) >= 11 is 0. The first kappa shape index (κ1) is 26.4. The van der Waals surface area contributed by atoms with Gasteiger partial charge in [-0.25, -0.2) is 0 Å². The number of fused-ring (bicyclic) bond motifs is 11. The van der Waals surface area contributed by atoms with Crippen LogP contribution in [0.2, 0.25) is 0 Å². The first-order valence-corrected chi connectivity index (χ1v) is 16.4. The predicted octanol–water partition coefficient (Wildman–Crippen LogP) is 12.8. The second-order valence-electron chi connectivity index (χ2n) is 13.3. The molecule has 9 aromatic rings. The Morgan fingerprint density at radius 3 is 2.09 bits per heavy atom. The number of anilines is 3. The molecular formula is C45H31NO. The molecule has 0 N–H and O–H groups in total. The van der Waals surface area contributed by atoms with Gasteiger partial charge in [0.05, 0.1) is 11.4 Å². The summed E-state index contributed by atoms with van der Waals surface area (Å²) in [5.41, 5.74) is 10.5. The van der Waals surface area contributed by atoms with Crippen LogP contribution in [-0.2, 0) is 5.41 Å². The maximum atomic E-state index is 6.29. The Bertz CT molecular complexity index is 2730. The van der Waals surface area contributed by atoms with Crippen molar-refractivity contribution >= 4 is 71.3 Å². The third kappa shape index (κ3) is 3.67. The second kappa shape index (κ2) is 9.57. The molecule has 2 heteroatoms. The molecule has 0 aliphatic heterocycles. The molecule has 0 atom stereocenters. The molecular weight excluding hydrogens is 571 g/mol. The van der Waals surface area contributed by atoms with Crippen LogP contribution in [0.25, 0.3) is 65.4 Å². The van der Waals surface area contributed by atoms with Gasteiger partial charge in [0.25, 0.3) is 0 Å². The van der Waals surface area contributed by atoms with E-state index in [0.29, 0.717) is 0 Å². The molecule has 1 aromatic heterocycles. The summed E-state index contributed by atoms with van der Waals surface area (Å²) in [4.78, 5) is 2.48. The Morgan fingerprint density at radius 2 is 1.15 bits per heavy atom. The van der Waals surface area contributed by atoms with Crippen LogP contribution in [0.5, 0.6) is 0 Å². The first-order valence-electron chi connectivity index (χ1n) is 16.4. The topological polar surface area (TPSA) is 16.4 Å². The lowest BCUT2D eigenvalue weighted by Gasteiger charge is -2.30. The van der Waals surface area contributed by atoms with Crippen LogP contribution in [0.3, 0.4) is 0 Å². The third-order valence-corrected chi connectivity index (χ3v) is 10.4. The van der Waals surface area contributed by atoms with E-state index >= 15 is 0 Å². The van der Waals surface area contributed by atoms with Crippen molar-refractivity contribution in [3.63, 3.8) is 0 Å². The molecule has 1 heterocycles. The summed E-state index contributed by atoms with van der Waals surface area (Å²) in [6.45, 7) is 4.70. The van der Waals surface area contributed by atoms with Crippen molar-refractivity contribution in [2.24, 2.45) is 0 Å². The zero-order chi connectivity index (χ0) is 31.3. The van der Waals surface area contributed by atoms with Crippen molar-refractivity contribution in [3.8, 4) is 11.1 Å². The molecule has 0 spiro atoms. The standard InChI is InChI=1S/C45H31NO/c1-45(2)37-16-7-5-14-35(37)44-38(45)17-10-19-40(44)46(30-24-26-42-36(27-30)33-13-6-8-20-41(33)47-42)39-18-9-15-34-32(39)25-23-29-22-21-28-11-3-4-12-31(28)43(29)34/h3-27H,1-2H3. The van der Waals surface area contributed by atoms with Gasteiger partial charge in [-0.1, -0.05) is 129 Å². The number of hydrogen-bond donors (Lipinski definition) is 0. The van der Waals surface area contributed by atoms with Gasteiger partial charge in [0.15, 0.2) is 0 Å². The van der Waals surface area contributed by atoms with Crippen LogP contribution in [0.4, 0.5) is 17.1 Å². The van der Waals surface area contributed by atoms with Gasteiger partial charge in [0.1, 0.15) is 11.2 Å². The fourth-order valence-electron chi connectivity index (χ4n) is 8.22. The lowest BCUT2D eigenvalue weighted by atomic mass is 9.82. The molecule has 8 aromatic carbocycles. The highest BCUT2D eigenvalue weighted by Gasteiger charge is 2.37. The first-order chi connectivity index (χ1) is 23.1. The van der Waals surface area contributed by atoms with Gasteiger partial charge in [0, 0.05) is 32.8 Å². The van der Waals surface area contributed by atoms with Crippen molar-refractivity contribution in [1.29, 1.82) is 0 Å². The molecule has 10 rings (SSSR count). The van der Waals surface area contributed by atoms with Gasteiger partial charge in [-0.15, -0.1) is 0 Å². The highest BCUT2D eigenvalue weighted by molar-refractivity contribution is 6.22. The summed E-state index contributed by atoms with van der Waals surface area (Å²) in [5, 5.41) is 9.80. The summed E-state index contributed by atoms with van der Waals surface area (Å²) in [6.07, 6.45) is 0. The zero-order valence-corrected chi connectivity index (χ0v) is 26.3. The van der Waals surface area contributed by atoms with E-state index in [-0.39, 0.29) is 5.41 Å². The van der Waals surface area contributed by atoms with E-state index < -0.39 is 0 Å². The molecule has 1 aliphatic carbocycles. The lowest BCUT2D eigenvalue weighted by molar-refractivity contribution is 0.660. The largest absolute Gasteiger partial charge is 0.456 e. The van der Waals surface area contributed by atoms with Crippen LogP contribution in [0.1, 0.15) is 25.0 Å². The van der Waals surface area contributed by atoms with Crippen molar-refractivity contribution in [1.82, 2.24) is 0 Å². The van der Waals surface area contributed by atoms with Crippen LogP contribution in [0.15, 0.2) is 156 Å². The van der Waals surface area contributed by atoms with Crippen molar-refractivity contribution in [3.05, 3.63) is 163 Å². The van der Waals surface area contributed by atoms with E-state index in [9.17, 15) is 0 Å². The minimum atomic E-state index is -0.105. The normalized spacial score (nSPS) is 13.5. The average molecular weight is 602 g/mol. The van der Waals surface area contributed by atoms with E-state index in [1.54, 1.807) is 0 Å².